The number of amides is 1. The van der Waals surface area contributed by atoms with Gasteiger partial charge < -0.3 is 10.6 Å². The first kappa shape index (κ1) is 20.7. The third kappa shape index (κ3) is 5.62. The molecule has 2 rings (SSSR count). The summed E-state index contributed by atoms with van der Waals surface area (Å²) in [5, 5.41) is 5.58. The summed E-state index contributed by atoms with van der Waals surface area (Å²) in [5.74, 6) is -0.216. The molecule has 24 heavy (non-hydrogen) atoms. The van der Waals surface area contributed by atoms with Crippen molar-refractivity contribution < 1.29 is 26.4 Å². The predicted octanol–water partition coefficient (Wildman–Crippen LogP) is 0.741. The average Bonchev–Trinajstić information content (AvgIpc) is 2.43. The molecule has 1 fully saturated rings. The molecule has 3 N–H and O–H groups in total. The van der Waals surface area contributed by atoms with Crippen LogP contribution < -0.4 is 15.4 Å². The smallest absolute Gasteiger partial charge is 0.355 e. The Balaban J connectivity index is 0.00000288. The third-order valence-corrected chi connectivity index (χ3v) is 4.75. The van der Waals surface area contributed by atoms with Crippen molar-refractivity contribution >= 4 is 28.3 Å². The number of hydrogen-bond donors (Lipinski definition) is 3. The van der Waals surface area contributed by atoms with Gasteiger partial charge in [-0.1, -0.05) is 6.07 Å². The number of rotatable bonds is 6. The molecule has 0 radical (unpaired) electrons. The number of carbonyl (C=O) groups excluding carboxylic acids is 1. The fourth-order valence-electron chi connectivity index (χ4n) is 1.90. The Hall–Kier alpha value is -1.36. The number of alkyl halides is 3. The Morgan fingerprint density at radius 2 is 1.96 bits per heavy atom. The molecule has 11 heteroatoms. The molecule has 0 unspecified atom stereocenters. The van der Waals surface area contributed by atoms with E-state index >= 15 is 0 Å². The van der Waals surface area contributed by atoms with E-state index in [0.29, 0.717) is 18.5 Å². The third-order valence-electron chi connectivity index (χ3n) is 3.35. The highest BCUT2D eigenvalue weighted by molar-refractivity contribution is 7.89. The van der Waals surface area contributed by atoms with Gasteiger partial charge in [-0.2, -0.15) is 13.2 Å². The lowest BCUT2D eigenvalue weighted by Gasteiger charge is -2.27. The van der Waals surface area contributed by atoms with Crippen LogP contribution in [0.3, 0.4) is 0 Å². The summed E-state index contributed by atoms with van der Waals surface area (Å²) >= 11 is 0. The molecule has 1 amide bonds. The summed E-state index contributed by atoms with van der Waals surface area (Å²) in [6.45, 7) is 1.47. The van der Waals surface area contributed by atoms with E-state index in [2.05, 4.69) is 10.6 Å². The second-order valence-electron chi connectivity index (χ2n) is 5.18. The lowest BCUT2D eigenvalue weighted by atomic mass is 10.0. The number of carbonyl (C=O) groups is 1. The van der Waals surface area contributed by atoms with Crippen LogP contribution in [0.25, 0.3) is 0 Å². The molecule has 0 atom stereocenters. The van der Waals surface area contributed by atoms with Crippen molar-refractivity contribution in [3.63, 3.8) is 0 Å². The zero-order valence-corrected chi connectivity index (χ0v) is 14.0. The van der Waals surface area contributed by atoms with Crippen molar-refractivity contribution in [3.05, 3.63) is 29.8 Å². The van der Waals surface area contributed by atoms with Crippen molar-refractivity contribution in [2.24, 2.45) is 5.92 Å². The summed E-state index contributed by atoms with van der Waals surface area (Å²) in [6, 6.07) is 3.34. The first-order valence-electron chi connectivity index (χ1n) is 6.83. The van der Waals surface area contributed by atoms with E-state index < -0.39 is 39.1 Å². The van der Waals surface area contributed by atoms with Gasteiger partial charge >= 0.3 is 6.18 Å². The standard InChI is InChI=1S/C13H16F3N3O3S.ClH/c14-13(15,16)10-2-1-3-11(4-10)23(21,22)19-8-12(20)18-7-9-5-17-6-9;/h1-4,9,17,19H,5-8H2,(H,18,20);1H. The lowest BCUT2D eigenvalue weighted by Crippen LogP contribution is -2.49. The fourth-order valence-corrected chi connectivity index (χ4v) is 2.92. The molecular formula is C13H17ClF3N3O3S. The highest BCUT2D eigenvalue weighted by Crippen LogP contribution is 2.30. The van der Waals surface area contributed by atoms with Crippen molar-refractivity contribution in [1.82, 2.24) is 15.4 Å². The van der Waals surface area contributed by atoms with Crippen LogP contribution in [0.15, 0.2) is 29.2 Å². The maximum atomic E-state index is 12.6. The van der Waals surface area contributed by atoms with Crippen LogP contribution in [0.1, 0.15) is 5.56 Å². The lowest BCUT2D eigenvalue weighted by molar-refractivity contribution is -0.137. The van der Waals surface area contributed by atoms with Crippen LogP contribution in [0.2, 0.25) is 0 Å². The Kier molecular flexibility index (Phi) is 7.02. The van der Waals surface area contributed by atoms with Gasteiger partial charge in [0.1, 0.15) is 0 Å². The number of benzene rings is 1. The van der Waals surface area contributed by atoms with Crippen LogP contribution in [0.4, 0.5) is 13.2 Å². The van der Waals surface area contributed by atoms with Gasteiger partial charge in [-0.25, -0.2) is 13.1 Å². The van der Waals surface area contributed by atoms with Crippen LogP contribution >= 0.6 is 12.4 Å². The van der Waals surface area contributed by atoms with E-state index in [1.165, 1.54) is 0 Å². The van der Waals surface area contributed by atoms with E-state index in [9.17, 15) is 26.4 Å². The minimum atomic E-state index is -4.64. The molecule has 6 nitrogen and oxygen atoms in total. The Labute approximate surface area is 143 Å². The fraction of sp³-hybridized carbons (Fsp3) is 0.462. The maximum absolute atomic E-state index is 12.6. The molecule has 1 heterocycles. The molecule has 136 valence electrons. The molecule has 1 aliphatic rings. The number of sulfonamides is 1. The molecule has 1 saturated heterocycles. The quantitative estimate of drug-likeness (QED) is 0.672. The van der Waals surface area contributed by atoms with Gasteiger partial charge in [-0.05, 0) is 18.2 Å². The molecule has 0 aliphatic carbocycles. The average molecular weight is 388 g/mol. The first-order valence-corrected chi connectivity index (χ1v) is 8.31. The van der Waals surface area contributed by atoms with Gasteiger partial charge in [0.25, 0.3) is 0 Å². The van der Waals surface area contributed by atoms with E-state index in [4.69, 9.17) is 0 Å². The monoisotopic (exact) mass is 387 g/mol. The minimum Gasteiger partial charge on any atom is -0.355 e. The Morgan fingerprint density at radius 3 is 2.50 bits per heavy atom. The van der Waals surface area contributed by atoms with Crippen molar-refractivity contribution in [2.75, 3.05) is 26.2 Å². The molecule has 0 bridgehead atoms. The summed E-state index contributed by atoms with van der Waals surface area (Å²) in [6.07, 6.45) is -4.64. The van der Waals surface area contributed by atoms with Gasteiger partial charge in [0.2, 0.25) is 15.9 Å². The van der Waals surface area contributed by atoms with Crippen LogP contribution in [0, 0.1) is 5.92 Å². The van der Waals surface area contributed by atoms with E-state index in [-0.39, 0.29) is 12.4 Å². The molecule has 1 aromatic rings. The summed E-state index contributed by atoms with van der Waals surface area (Å²) in [7, 11) is -4.19. The minimum absolute atomic E-state index is 0. The second-order valence-corrected chi connectivity index (χ2v) is 6.95. The SMILES string of the molecule is Cl.O=C(CNS(=O)(=O)c1cccc(C(F)(F)F)c1)NCC1CNC1. The molecule has 1 aromatic carbocycles. The highest BCUT2D eigenvalue weighted by atomic mass is 35.5. The van der Waals surface area contributed by atoms with Gasteiger partial charge in [0.05, 0.1) is 17.0 Å². The summed E-state index contributed by atoms with van der Waals surface area (Å²) < 4.78 is 63.7. The molecule has 0 spiro atoms. The molecule has 0 aromatic heterocycles. The Morgan fingerprint density at radius 1 is 1.29 bits per heavy atom. The van der Waals surface area contributed by atoms with Crippen molar-refractivity contribution in [1.29, 1.82) is 0 Å². The van der Waals surface area contributed by atoms with Gasteiger partial charge in [0, 0.05) is 25.6 Å². The number of nitrogens with one attached hydrogen (secondary N) is 3. The van der Waals surface area contributed by atoms with Crippen LogP contribution in [-0.2, 0) is 21.0 Å². The van der Waals surface area contributed by atoms with Crippen LogP contribution in [0.5, 0.6) is 0 Å². The molecule has 0 saturated carbocycles. The number of hydrogen-bond acceptors (Lipinski definition) is 4. The van der Waals surface area contributed by atoms with E-state index in [1.54, 1.807) is 0 Å². The largest absolute Gasteiger partial charge is 0.416 e. The predicted molar refractivity (Wildman–Crippen MR) is 83.2 cm³/mol. The van der Waals surface area contributed by atoms with Crippen LogP contribution in [-0.4, -0.2) is 40.5 Å². The van der Waals surface area contributed by atoms with Gasteiger partial charge in [-0.15, -0.1) is 12.4 Å². The molecular weight excluding hydrogens is 371 g/mol. The zero-order valence-electron chi connectivity index (χ0n) is 12.4. The highest BCUT2D eigenvalue weighted by Gasteiger charge is 2.31. The summed E-state index contributed by atoms with van der Waals surface area (Å²) in [4.78, 5) is 11.0. The number of halogens is 4. The summed E-state index contributed by atoms with van der Waals surface area (Å²) in [5.41, 5.74) is -1.07. The second kappa shape index (κ2) is 8.15. The first-order chi connectivity index (χ1) is 10.7. The van der Waals surface area contributed by atoms with Crippen molar-refractivity contribution in [3.8, 4) is 0 Å². The Bertz CT molecular complexity index is 679. The molecule has 1 aliphatic heterocycles. The van der Waals surface area contributed by atoms with E-state index in [1.807, 2.05) is 4.72 Å². The van der Waals surface area contributed by atoms with Gasteiger partial charge in [0.15, 0.2) is 0 Å². The topological polar surface area (TPSA) is 87.3 Å². The van der Waals surface area contributed by atoms with E-state index in [0.717, 1.165) is 31.3 Å². The zero-order chi connectivity index (χ0) is 17.1. The van der Waals surface area contributed by atoms with Crippen molar-refractivity contribution in [2.45, 2.75) is 11.1 Å². The maximum Gasteiger partial charge on any atom is 0.416 e. The van der Waals surface area contributed by atoms with Gasteiger partial charge in [-0.3, -0.25) is 4.79 Å². The normalized spacial score (nSPS) is 15.3.